The van der Waals surface area contributed by atoms with Crippen molar-refractivity contribution < 1.29 is 28.3 Å². The fourth-order valence-corrected chi connectivity index (χ4v) is 3.55. The number of likely N-dealkylation sites (tertiary alicyclic amines) is 1. The van der Waals surface area contributed by atoms with E-state index in [1.165, 1.54) is 17.3 Å². The second-order valence-electron chi connectivity index (χ2n) is 7.72. The number of hydrogen-bond donors (Lipinski definition) is 1. The highest BCUT2D eigenvalue weighted by Crippen LogP contribution is 2.26. The van der Waals surface area contributed by atoms with E-state index in [0.717, 1.165) is 12.1 Å². The van der Waals surface area contributed by atoms with Crippen LogP contribution in [-0.2, 0) is 0 Å². The molecule has 3 aromatic rings. The van der Waals surface area contributed by atoms with E-state index in [-0.39, 0.29) is 12.0 Å². The van der Waals surface area contributed by atoms with Crippen LogP contribution < -0.4 is 9.57 Å². The summed E-state index contributed by atoms with van der Waals surface area (Å²) in [4.78, 5) is 26.3. The number of piperidine rings is 1. The molecule has 0 radical (unpaired) electrons. The van der Waals surface area contributed by atoms with Gasteiger partial charge in [-0.3, -0.25) is 0 Å². The summed E-state index contributed by atoms with van der Waals surface area (Å²) in [6.07, 6.45) is 1.22. The van der Waals surface area contributed by atoms with Crippen LogP contribution in [0.4, 0.5) is 13.6 Å². The third-order valence-electron chi connectivity index (χ3n) is 5.45. The molecule has 0 unspecified atom stereocenters. The van der Waals surface area contributed by atoms with Gasteiger partial charge in [0.15, 0.2) is 11.6 Å². The molecule has 1 N–H and O–H groups in total. The SMILES string of the molecule is Cc1c(ON=C(c2ccccc2)c2ccc(F)c(F)c2)ncnc1OC1CCN(C(=O)O)CC1. The summed E-state index contributed by atoms with van der Waals surface area (Å²) in [6, 6.07) is 12.5. The Bertz CT molecular complexity index is 1200. The minimum Gasteiger partial charge on any atom is -0.474 e. The van der Waals surface area contributed by atoms with Gasteiger partial charge < -0.3 is 19.6 Å². The van der Waals surface area contributed by atoms with Crippen LogP contribution in [0.25, 0.3) is 0 Å². The van der Waals surface area contributed by atoms with Crippen molar-refractivity contribution >= 4 is 11.8 Å². The van der Waals surface area contributed by atoms with Gasteiger partial charge in [0.2, 0.25) is 5.88 Å². The summed E-state index contributed by atoms with van der Waals surface area (Å²) >= 11 is 0. The van der Waals surface area contributed by atoms with Gasteiger partial charge in [-0.1, -0.05) is 35.5 Å². The minimum absolute atomic E-state index is 0.143. The van der Waals surface area contributed by atoms with Crippen LogP contribution in [-0.4, -0.2) is 51.0 Å². The highest BCUT2D eigenvalue weighted by atomic mass is 19.2. The van der Waals surface area contributed by atoms with Gasteiger partial charge in [0.05, 0.1) is 5.56 Å². The average Bonchev–Trinajstić information content (AvgIpc) is 2.84. The van der Waals surface area contributed by atoms with Crippen LogP contribution in [0.3, 0.4) is 0 Å². The van der Waals surface area contributed by atoms with Gasteiger partial charge in [0.1, 0.15) is 18.1 Å². The zero-order chi connectivity index (χ0) is 24.1. The van der Waals surface area contributed by atoms with E-state index in [9.17, 15) is 13.6 Å². The number of rotatable bonds is 6. The number of halogens is 2. The Labute approximate surface area is 194 Å². The van der Waals surface area contributed by atoms with E-state index >= 15 is 0 Å². The fourth-order valence-electron chi connectivity index (χ4n) is 3.55. The van der Waals surface area contributed by atoms with Crippen LogP contribution in [0, 0.1) is 18.6 Å². The van der Waals surface area contributed by atoms with Gasteiger partial charge in [-0.25, -0.2) is 18.6 Å². The van der Waals surface area contributed by atoms with Crippen molar-refractivity contribution in [2.45, 2.75) is 25.9 Å². The van der Waals surface area contributed by atoms with Crippen LogP contribution in [0.2, 0.25) is 0 Å². The van der Waals surface area contributed by atoms with Crippen molar-refractivity contribution in [3.8, 4) is 11.8 Å². The largest absolute Gasteiger partial charge is 0.474 e. The summed E-state index contributed by atoms with van der Waals surface area (Å²) in [5.41, 5.74) is 1.77. The lowest BCUT2D eigenvalue weighted by Crippen LogP contribution is -2.41. The van der Waals surface area contributed by atoms with Gasteiger partial charge in [-0.2, -0.15) is 4.98 Å². The van der Waals surface area contributed by atoms with Crippen LogP contribution in [0.15, 0.2) is 60.0 Å². The van der Waals surface area contributed by atoms with E-state index in [1.807, 2.05) is 6.07 Å². The first-order valence-electron chi connectivity index (χ1n) is 10.6. The van der Waals surface area contributed by atoms with Crippen molar-refractivity contribution in [2.75, 3.05) is 13.1 Å². The first-order chi connectivity index (χ1) is 16.4. The Kier molecular flexibility index (Phi) is 6.95. The van der Waals surface area contributed by atoms with Crippen molar-refractivity contribution in [3.05, 3.63) is 83.2 Å². The molecular formula is C24H22F2N4O4. The molecule has 1 amide bonds. The van der Waals surface area contributed by atoms with Crippen LogP contribution >= 0.6 is 0 Å². The molecule has 1 saturated heterocycles. The molecule has 0 saturated carbocycles. The van der Waals surface area contributed by atoms with E-state index in [0.29, 0.717) is 54.2 Å². The molecule has 2 heterocycles. The lowest BCUT2D eigenvalue weighted by atomic mass is 10.0. The van der Waals surface area contributed by atoms with Gasteiger partial charge >= 0.3 is 6.09 Å². The third kappa shape index (κ3) is 5.28. The van der Waals surface area contributed by atoms with Gasteiger partial charge in [-0.05, 0) is 25.1 Å². The normalized spacial score (nSPS) is 14.7. The molecule has 0 bridgehead atoms. The molecule has 34 heavy (non-hydrogen) atoms. The number of hydrogen-bond acceptors (Lipinski definition) is 6. The number of carbonyl (C=O) groups is 1. The third-order valence-corrected chi connectivity index (χ3v) is 5.45. The molecule has 0 aliphatic carbocycles. The van der Waals surface area contributed by atoms with Crippen molar-refractivity contribution in [1.82, 2.24) is 14.9 Å². The molecule has 1 aromatic heterocycles. The number of ether oxygens (including phenoxy) is 1. The fraction of sp³-hybridized carbons (Fsp3) is 0.250. The molecule has 1 fully saturated rings. The zero-order valence-corrected chi connectivity index (χ0v) is 18.3. The predicted molar refractivity (Wildman–Crippen MR) is 119 cm³/mol. The number of amides is 1. The molecular weight excluding hydrogens is 446 g/mol. The van der Waals surface area contributed by atoms with Gasteiger partial charge in [0.25, 0.3) is 5.88 Å². The summed E-state index contributed by atoms with van der Waals surface area (Å²) in [5, 5.41) is 13.3. The topological polar surface area (TPSA) is 97.1 Å². The molecule has 1 aliphatic rings. The van der Waals surface area contributed by atoms with Gasteiger partial charge in [-0.15, -0.1) is 0 Å². The molecule has 10 heteroatoms. The maximum absolute atomic E-state index is 13.9. The van der Waals surface area contributed by atoms with Crippen molar-refractivity contribution in [3.63, 3.8) is 0 Å². The minimum atomic E-state index is -0.996. The number of oxime groups is 1. The lowest BCUT2D eigenvalue weighted by molar-refractivity contribution is 0.0863. The highest BCUT2D eigenvalue weighted by molar-refractivity contribution is 6.12. The summed E-state index contributed by atoms with van der Waals surface area (Å²) in [5.74, 6) is -1.50. The van der Waals surface area contributed by atoms with E-state index in [2.05, 4.69) is 15.1 Å². The van der Waals surface area contributed by atoms with Gasteiger partial charge in [0, 0.05) is 37.1 Å². The molecule has 2 aromatic carbocycles. The Hall–Kier alpha value is -4.08. The smallest absolute Gasteiger partial charge is 0.407 e. The molecule has 4 rings (SSSR count). The molecule has 176 valence electrons. The number of benzene rings is 2. The Morgan fingerprint density at radius 1 is 1.03 bits per heavy atom. The molecule has 0 atom stereocenters. The van der Waals surface area contributed by atoms with E-state index < -0.39 is 17.7 Å². The number of aromatic nitrogens is 2. The maximum atomic E-state index is 13.9. The second kappa shape index (κ2) is 10.2. The number of carboxylic acid groups (broad SMARTS) is 1. The molecule has 8 nitrogen and oxygen atoms in total. The van der Waals surface area contributed by atoms with Crippen LogP contribution in [0.5, 0.6) is 11.8 Å². The van der Waals surface area contributed by atoms with Crippen LogP contribution in [0.1, 0.15) is 29.5 Å². The Morgan fingerprint density at radius 3 is 2.41 bits per heavy atom. The van der Waals surface area contributed by atoms with E-state index in [1.54, 1.807) is 31.2 Å². The summed E-state index contributed by atoms with van der Waals surface area (Å²) in [7, 11) is 0. The second-order valence-corrected chi connectivity index (χ2v) is 7.72. The quantitative estimate of drug-likeness (QED) is 0.425. The maximum Gasteiger partial charge on any atom is 0.407 e. The average molecular weight is 468 g/mol. The highest BCUT2D eigenvalue weighted by Gasteiger charge is 2.25. The Balaban J connectivity index is 1.56. The standard InChI is InChI=1S/C24H22F2N4O4/c1-15-22(33-18-9-11-30(12-10-18)24(31)32)27-14-28-23(15)34-29-21(16-5-3-2-4-6-16)17-7-8-19(25)20(26)13-17/h2-8,13-14,18H,9-12H2,1H3,(H,31,32). The van der Waals surface area contributed by atoms with E-state index in [4.69, 9.17) is 14.7 Å². The monoisotopic (exact) mass is 468 g/mol. The summed E-state index contributed by atoms with van der Waals surface area (Å²) < 4.78 is 33.3. The summed E-state index contributed by atoms with van der Waals surface area (Å²) in [6.45, 7) is 2.48. The lowest BCUT2D eigenvalue weighted by Gasteiger charge is -2.30. The number of nitrogens with zero attached hydrogens (tertiary/aromatic N) is 4. The zero-order valence-electron chi connectivity index (χ0n) is 18.3. The first kappa shape index (κ1) is 23.1. The molecule has 0 spiro atoms. The molecule has 1 aliphatic heterocycles. The first-order valence-corrected chi connectivity index (χ1v) is 10.6. The van der Waals surface area contributed by atoms with Crippen molar-refractivity contribution in [1.29, 1.82) is 0 Å². The Morgan fingerprint density at radius 2 is 1.74 bits per heavy atom. The van der Waals surface area contributed by atoms with Crippen molar-refractivity contribution in [2.24, 2.45) is 5.16 Å². The predicted octanol–water partition coefficient (Wildman–Crippen LogP) is 4.42.